The van der Waals surface area contributed by atoms with Crippen molar-refractivity contribution >= 4 is 45.5 Å². The van der Waals surface area contributed by atoms with Crippen LogP contribution in [0.5, 0.6) is 11.5 Å². The van der Waals surface area contributed by atoms with E-state index in [2.05, 4.69) is 4.99 Å². The third-order valence-corrected chi connectivity index (χ3v) is 5.77. The van der Waals surface area contributed by atoms with Crippen molar-refractivity contribution in [1.29, 1.82) is 0 Å². The van der Waals surface area contributed by atoms with Gasteiger partial charge in [0.05, 0.1) is 29.5 Å². The Labute approximate surface area is 192 Å². The van der Waals surface area contributed by atoms with Crippen LogP contribution in [0.15, 0.2) is 47.5 Å². The molecule has 0 fully saturated rings. The molecule has 1 aliphatic rings. The molecule has 1 amide bonds. The highest BCUT2D eigenvalue weighted by Gasteiger charge is 2.15. The Bertz CT molecular complexity index is 1340. The van der Waals surface area contributed by atoms with Gasteiger partial charge >= 0.3 is 11.9 Å². The summed E-state index contributed by atoms with van der Waals surface area (Å²) in [5.41, 5.74) is 1.77. The number of hydrogen-bond acceptors (Lipinski definition) is 8. The van der Waals surface area contributed by atoms with Crippen LogP contribution in [-0.2, 0) is 25.6 Å². The number of carbonyl (C=O) groups is 3. The number of fused-ring (bicyclic) bond motifs is 2. The summed E-state index contributed by atoms with van der Waals surface area (Å²) in [6.45, 7) is 2.02. The number of thiazole rings is 1. The molecule has 0 saturated heterocycles. The monoisotopic (exact) mass is 468 g/mol. The van der Waals surface area contributed by atoms with Crippen LogP contribution in [0.2, 0.25) is 0 Å². The predicted molar refractivity (Wildman–Crippen MR) is 120 cm³/mol. The van der Waals surface area contributed by atoms with E-state index in [1.807, 2.05) is 0 Å². The number of benzene rings is 2. The molecule has 4 rings (SSSR count). The van der Waals surface area contributed by atoms with Gasteiger partial charge in [0, 0.05) is 6.08 Å². The number of aromatic nitrogens is 1. The maximum Gasteiger partial charge on any atom is 0.338 e. The van der Waals surface area contributed by atoms with Gasteiger partial charge in [-0.25, -0.2) is 4.79 Å². The summed E-state index contributed by atoms with van der Waals surface area (Å²) in [7, 11) is 1.28. The summed E-state index contributed by atoms with van der Waals surface area (Å²) in [6, 6.07) is 10.3. The average Bonchev–Trinajstić information content (AvgIpc) is 3.41. The zero-order valence-corrected chi connectivity index (χ0v) is 18.7. The maximum absolute atomic E-state index is 12.6. The molecule has 1 aromatic heterocycles. The van der Waals surface area contributed by atoms with E-state index in [1.165, 1.54) is 24.5 Å². The highest BCUT2D eigenvalue weighted by molar-refractivity contribution is 7.16. The first kappa shape index (κ1) is 22.3. The Kier molecular flexibility index (Phi) is 6.55. The van der Waals surface area contributed by atoms with Crippen molar-refractivity contribution in [2.45, 2.75) is 13.5 Å². The standard InChI is InChI=1S/C23H20N2O7S/c1-3-30-22(28)15-6-7-16-19(11-15)33-23(25(16)12-21(27)29-2)24-20(26)9-5-14-4-8-17-18(10-14)32-13-31-17/h4-11H,3,12-13H2,1-2H3/b9-5-,24-23?. The lowest BCUT2D eigenvalue weighted by molar-refractivity contribution is -0.141. The lowest BCUT2D eigenvalue weighted by Gasteiger charge is -2.04. The zero-order chi connectivity index (χ0) is 23.4. The second-order valence-electron chi connectivity index (χ2n) is 6.85. The van der Waals surface area contributed by atoms with Crippen molar-refractivity contribution in [3.8, 4) is 11.5 Å². The Morgan fingerprint density at radius 1 is 1.15 bits per heavy atom. The highest BCUT2D eigenvalue weighted by Crippen LogP contribution is 2.32. The Hall–Kier alpha value is -3.92. The summed E-state index contributed by atoms with van der Waals surface area (Å²) < 4.78 is 22.7. The Balaban J connectivity index is 1.67. The van der Waals surface area contributed by atoms with E-state index in [1.54, 1.807) is 54.0 Å². The molecule has 0 atom stereocenters. The minimum Gasteiger partial charge on any atom is -0.468 e. The van der Waals surface area contributed by atoms with Gasteiger partial charge in [-0.05, 0) is 48.9 Å². The largest absolute Gasteiger partial charge is 0.468 e. The van der Waals surface area contributed by atoms with Crippen LogP contribution in [-0.4, -0.2) is 42.9 Å². The number of amides is 1. The smallest absolute Gasteiger partial charge is 0.338 e. The molecule has 0 saturated carbocycles. The highest BCUT2D eigenvalue weighted by atomic mass is 32.1. The van der Waals surface area contributed by atoms with E-state index in [4.69, 9.17) is 18.9 Å². The number of rotatable bonds is 6. The molecule has 0 N–H and O–H groups in total. The summed E-state index contributed by atoms with van der Waals surface area (Å²) in [5.74, 6) is -0.190. The van der Waals surface area contributed by atoms with E-state index in [9.17, 15) is 14.4 Å². The molecule has 170 valence electrons. The fourth-order valence-corrected chi connectivity index (χ4v) is 4.24. The van der Waals surface area contributed by atoms with Crippen LogP contribution in [0.1, 0.15) is 22.8 Å². The second-order valence-corrected chi connectivity index (χ2v) is 7.86. The van der Waals surface area contributed by atoms with Gasteiger partial charge < -0.3 is 23.5 Å². The van der Waals surface area contributed by atoms with Crippen molar-refractivity contribution in [3.05, 3.63) is 58.4 Å². The quantitative estimate of drug-likeness (QED) is 0.405. The number of ether oxygens (including phenoxy) is 4. The lowest BCUT2D eigenvalue weighted by Crippen LogP contribution is -2.22. The number of nitrogens with zero attached hydrogens (tertiary/aromatic N) is 2. The molecule has 33 heavy (non-hydrogen) atoms. The molecule has 10 heteroatoms. The van der Waals surface area contributed by atoms with Crippen LogP contribution in [0.3, 0.4) is 0 Å². The molecule has 3 aromatic rings. The number of esters is 2. The van der Waals surface area contributed by atoms with E-state index >= 15 is 0 Å². The average molecular weight is 468 g/mol. The number of carbonyl (C=O) groups excluding carboxylic acids is 3. The third-order valence-electron chi connectivity index (χ3n) is 4.73. The molecular formula is C23H20N2O7S. The molecule has 9 nitrogen and oxygen atoms in total. The van der Waals surface area contributed by atoms with E-state index in [-0.39, 0.29) is 19.9 Å². The molecule has 2 aromatic carbocycles. The van der Waals surface area contributed by atoms with Gasteiger partial charge in [-0.15, -0.1) is 0 Å². The Morgan fingerprint density at radius 2 is 1.97 bits per heavy atom. The van der Waals surface area contributed by atoms with E-state index in [0.717, 1.165) is 5.56 Å². The fraction of sp³-hybridized carbons (Fsp3) is 0.217. The first-order valence-electron chi connectivity index (χ1n) is 10.0. The van der Waals surface area contributed by atoms with Crippen molar-refractivity contribution < 1.29 is 33.3 Å². The van der Waals surface area contributed by atoms with Gasteiger partial charge in [-0.3, -0.25) is 9.59 Å². The van der Waals surface area contributed by atoms with Gasteiger partial charge in [0.1, 0.15) is 6.54 Å². The van der Waals surface area contributed by atoms with Gasteiger partial charge in [0.25, 0.3) is 5.91 Å². The predicted octanol–water partition coefficient (Wildman–Crippen LogP) is 2.92. The van der Waals surface area contributed by atoms with Gasteiger partial charge in [-0.1, -0.05) is 17.4 Å². The lowest BCUT2D eigenvalue weighted by atomic mass is 10.2. The van der Waals surface area contributed by atoms with E-state index in [0.29, 0.717) is 32.1 Å². The molecule has 0 aliphatic carbocycles. The number of methoxy groups -OCH3 is 1. The molecule has 0 radical (unpaired) electrons. The van der Waals surface area contributed by atoms with Gasteiger partial charge in [0.15, 0.2) is 16.3 Å². The minimum absolute atomic E-state index is 0.132. The topological polar surface area (TPSA) is 105 Å². The van der Waals surface area contributed by atoms with Crippen LogP contribution in [0.4, 0.5) is 0 Å². The molecule has 0 bridgehead atoms. The summed E-state index contributed by atoms with van der Waals surface area (Å²) in [6.07, 6.45) is 2.94. The Morgan fingerprint density at radius 3 is 2.76 bits per heavy atom. The van der Waals surface area contributed by atoms with Crippen molar-refractivity contribution in [1.82, 2.24) is 4.57 Å². The number of hydrogen-bond donors (Lipinski definition) is 0. The van der Waals surface area contributed by atoms with Crippen molar-refractivity contribution in [3.63, 3.8) is 0 Å². The first-order valence-corrected chi connectivity index (χ1v) is 10.8. The fourth-order valence-electron chi connectivity index (χ4n) is 3.16. The van der Waals surface area contributed by atoms with Crippen LogP contribution < -0.4 is 14.3 Å². The van der Waals surface area contributed by atoms with Crippen molar-refractivity contribution in [2.75, 3.05) is 20.5 Å². The van der Waals surface area contributed by atoms with Crippen LogP contribution >= 0.6 is 11.3 Å². The zero-order valence-electron chi connectivity index (χ0n) is 17.9. The molecular weight excluding hydrogens is 448 g/mol. The maximum atomic E-state index is 12.6. The van der Waals surface area contributed by atoms with Gasteiger partial charge in [0.2, 0.25) is 6.79 Å². The van der Waals surface area contributed by atoms with E-state index < -0.39 is 17.8 Å². The molecule has 0 unspecified atom stereocenters. The molecule has 2 heterocycles. The first-order chi connectivity index (χ1) is 16.0. The normalized spacial score (nSPS) is 13.0. The second kappa shape index (κ2) is 9.70. The van der Waals surface area contributed by atoms with Crippen LogP contribution in [0, 0.1) is 0 Å². The summed E-state index contributed by atoms with van der Waals surface area (Å²) >= 11 is 1.18. The molecule has 1 aliphatic heterocycles. The molecule has 0 spiro atoms. The minimum atomic E-state index is -0.511. The third kappa shape index (κ3) is 4.96. The van der Waals surface area contributed by atoms with Crippen LogP contribution in [0.25, 0.3) is 16.3 Å². The summed E-state index contributed by atoms with van der Waals surface area (Å²) in [5, 5.41) is 0. The van der Waals surface area contributed by atoms with Gasteiger partial charge in [-0.2, -0.15) is 4.99 Å². The summed E-state index contributed by atoms with van der Waals surface area (Å²) in [4.78, 5) is 41.0. The SMILES string of the molecule is CCOC(=O)c1ccc2c(c1)sc(=NC(=O)/C=C\c1ccc3c(c1)OCO3)n2CC(=O)OC. The van der Waals surface area contributed by atoms with Crippen molar-refractivity contribution in [2.24, 2.45) is 4.99 Å².